The van der Waals surface area contributed by atoms with Gasteiger partial charge in [-0.05, 0) is 128 Å². The molecule has 1 atom stereocenters. The summed E-state index contributed by atoms with van der Waals surface area (Å²) >= 11 is 0. The molecule has 0 aromatic heterocycles. The Hall–Kier alpha value is -3.93. The van der Waals surface area contributed by atoms with E-state index < -0.39 is 6.10 Å². The molecule has 0 N–H and O–H groups in total. The Bertz CT molecular complexity index is 1520. The summed E-state index contributed by atoms with van der Waals surface area (Å²) in [7, 11) is 0. The van der Waals surface area contributed by atoms with Gasteiger partial charge in [0.2, 0.25) is 0 Å². The van der Waals surface area contributed by atoms with Crippen molar-refractivity contribution in [3.63, 3.8) is 0 Å². The molecule has 0 rings (SSSR count). The SMILES string of the molecule is CC/C=C\C/C=C\C/C=C\CCCCCCCC(=O)OCC(COC(=O)CCCCCCCC/C=C\C/C=C\C/C=C\CCCCCCC)OC(=O)CCCCCCCC/C=C\C/C=C\C/C=C\CCCCCCC. The molecule has 0 amide bonds. The largest absolute Gasteiger partial charge is 0.462 e. The van der Waals surface area contributed by atoms with Gasteiger partial charge in [-0.1, -0.05) is 252 Å². The lowest BCUT2D eigenvalue weighted by atomic mass is 10.1. The molecule has 0 heterocycles. The average molecular weight is 1040 g/mol. The Kier molecular flexibility index (Phi) is 59.3. The fourth-order valence-corrected chi connectivity index (χ4v) is 8.53. The maximum atomic E-state index is 12.9. The van der Waals surface area contributed by atoms with E-state index in [0.29, 0.717) is 19.3 Å². The molecule has 0 spiro atoms. The van der Waals surface area contributed by atoms with E-state index in [2.05, 4.69) is 130 Å². The zero-order valence-electron chi connectivity index (χ0n) is 49.0. The molecule has 0 radical (unpaired) electrons. The first-order chi connectivity index (χ1) is 37.0. The van der Waals surface area contributed by atoms with E-state index in [1.807, 2.05) is 0 Å². The number of rotatable bonds is 56. The molecule has 0 aliphatic heterocycles. The van der Waals surface area contributed by atoms with Crippen molar-refractivity contribution in [3.8, 4) is 0 Å². The second kappa shape index (κ2) is 62.6. The van der Waals surface area contributed by atoms with E-state index in [-0.39, 0.29) is 31.1 Å². The van der Waals surface area contributed by atoms with Gasteiger partial charge < -0.3 is 14.2 Å². The van der Waals surface area contributed by atoms with Gasteiger partial charge in [-0.2, -0.15) is 0 Å². The van der Waals surface area contributed by atoms with Crippen molar-refractivity contribution in [3.05, 3.63) is 109 Å². The molecule has 6 nitrogen and oxygen atoms in total. The second-order valence-corrected chi connectivity index (χ2v) is 20.6. The van der Waals surface area contributed by atoms with E-state index in [0.717, 1.165) is 141 Å². The first-order valence-corrected chi connectivity index (χ1v) is 31.4. The maximum absolute atomic E-state index is 12.9. The van der Waals surface area contributed by atoms with Crippen LogP contribution in [0.25, 0.3) is 0 Å². The predicted octanol–water partition coefficient (Wildman–Crippen LogP) is 21.4. The highest BCUT2D eigenvalue weighted by atomic mass is 16.6. The predicted molar refractivity (Wildman–Crippen MR) is 325 cm³/mol. The van der Waals surface area contributed by atoms with Crippen LogP contribution >= 0.6 is 0 Å². The molecule has 0 saturated carbocycles. The molecule has 0 saturated heterocycles. The lowest BCUT2D eigenvalue weighted by Crippen LogP contribution is -2.30. The average Bonchev–Trinajstić information content (AvgIpc) is 3.41. The van der Waals surface area contributed by atoms with Crippen molar-refractivity contribution in [2.45, 2.75) is 297 Å². The summed E-state index contributed by atoms with van der Waals surface area (Å²) in [6, 6.07) is 0. The molecule has 1 unspecified atom stereocenters. The van der Waals surface area contributed by atoms with Crippen LogP contribution in [0.4, 0.5) is 0 Å². The first kappa shape index (κ1) is 71.1. The Morgan fingerprint density at radius 2 is 0.520 bits per heavy atom. The number of hydrogen-bond donors (Lipinski definition) is 0. The molecule has 0 aromatic carbocycles. The standard InChI is InChI=1S/C69H116O6/c1-4-7-10-13-16-19-22-25-28-30-32-34-36-38-41-44-47-50-53-56-59-62-68(71)74-65-66(64-73-67(70)61-58-55-52-49-46-43-40-27-24-21-18-15-12-9-6-3)75-69(72)63-60-57-54-51-48-45-42-39-37-35-33-31-29-26-23-20-17-14-11-8-5-2/h9,12,18,21-23,25-27,30-33,36-40,66H,4-8,10-11,13-17,19-20,24,28-29,34-35,41-65H2,1-3H3/b12-9-,21-18-,25-22-,26-23-,32-30-,33-31-,38-36-,39-37-,40-27-. The van der Waals surface area contributed by atoms with Gasteiger partial charge in [-0.15, -0.1) is 0 Å². The molecular weight excluding hydrogens is 925 g/mol. The van der Waals surface area contributed by atoms with Crippen molar-refractivity contribution in [1.29, 1.82) is 0 Å². The fourth-order valence-electron chi connectivity index (χ4n) is 8.53. The zero-order chi connectivity index (χ0) is 54.3. The number of esters is 3. The third kappa shape index (κ3) is 60.8. The summed E-state index contributed by atoms with van der Waals surface area (Å²) in [5.41, 5.74) is 0. The molecular formula is C69H116O6. The van der Waals surface area contributed by atoms with E-state index >= 15 is 0 Å². The zero-order valence-corrected chi connectivity index (χ0v) is 49.0. The van der Waals surface area contributed by atoms with Crippen LogP contribution in [0.1, 0.15) is 290 Å². The van der Waals surface area contributed by atoms with Gasteiger partial charge in [-0.25, -0.2) is 0 Å². The van der Waals surface area contributed by atoms with Crippen LogP contribution < -0.4 is 0 Å². The minimum atomic E-state index is -0.802. The molecule has 428 valence electrons. The van der Waals surface area contributed by atoms with Crippen molar-refractivity contribution in [2.24, 2.45) is 0 Å². The molecule has 0 aliphatic carbocycles. The first-order valence-electron chi connectivity index (χ1n) is 31.4. The van der Waals surface area contributed by atoms with E-state index in [1.165, 1.54) is 109 Å². The number of carbonyl (C=O) groups is 3. The number of unbranched alkanes of at least 4 members (excludes halogenated alkanes) is 27. The third-order valence-electron chi connectivity index (χ3n) is 13.2. The normalized spacial score (nSPS) is 12.8. The third-order valence-corrected chi connectivity index (χ3v) is 13.2. The van der Waals surface area contributed by atoms with Crippen LogP contribution in [0.5, 0.6) is 0 Å². The number of ether oxygens (including phenoxy) is 3. The Labute approximate surface area is 463 Å². The van der Waals surface area contributed by atoms with Gasteiger partial charge in [0, 0.05) is 19.3 Å². The minimum absolute atomic E-state index is 0.0973. The van der Waals surface area contributed by atoms with Crippen LogP contribution in [0.15, 0.2) is 109 Å². The topological polar surface area (TPSA) is 78.9 Å². The summed E-state index contributed by atoms with van der Waals surface area (Å²) in [4.78, 5) is 38.3. The van der Waals surface area contributed by atoms with Gasteiger partial charge in [0.05, 0.1) is 0 Å². The Morgan fingerprint density at radius 3 is 0.813 bits per heavy atom. The van der Waals surface area contributed by atoms with Crippen molar-refractivity contribution in [2.75, 3.05) is 13.2 Å². The van der Waals surface area contributed by atoms with Crippen LogP contribution in [0.3, 0.4) is 0 Å². The van der Waals surface area contributed by atoms with Gasteiger partial charge in [-0.3, -0.25) is 14.4 Å². The lowest BCUT2D eigenvalue weighted by Gasteiger charge is -2.18. The van der Waals surface area contributed by atoms with Gasteiger partial charge in [0.25, 0.3) is 0 Å². The quantitative estimate of drug-likeness (QED) is 0.0261. The van der Waals surface area contributed by atoms with Crippen LogP contribution in [-0.2, 0) is 28.6 Å². The highest BCUT2D eigenvalue weighted by Crippen LogP contribution is 2.14. The lowest BCUT2D eigenvalue weighted by molar-refractivity contribution is -0.167. The van der Waals surface area contributed by atoms with Crippen molar-refractivity contribution in [1.82, 2.24) is 0 Å². The fraction of sp³-hybridized carbons (Fsp3) is 0.696. The molecule has 75 heavy (non-hydrogen) atoms. The second-order valence-electron chi connectivity index (χ2n) is 20.6. The van der Waals surface area contributed by atoms with Crippen LogP contribution in [0.2, 0.25) is 0 Å². The summed E-state index contributed by atoms with van der Waals surface area (Å²) in [6.07, 6.45) is 85.1. The number of carbonyl (C=O) groups excluding carboxylic acids is 3. The molecule has 6 heteroatoms. The molecule has 0 bridgehead atoms. The van der Waals surface area contributed by atoms with Crippen molar-refractivity contribution >= 4 is 17.9 Å². The van der Waals surface area contributed by atoms with Gasteiger partial charge in [0.15, 0.2) is 6.10 Å². The molecule has 0 aliphatic rings. The summed E-state index contributed by atoms with van der Waals surface area (Å²) in [6.45, 7) is 6.48. The van der Waals surface area contributed by atoms with Gasteiger partial charge in [0.1, 0.15) is 13.2 Å². The van der Waals surface area contributed by atoms with Crippen LogP contribution in [-0.4, -0.2) is 37.2 Å². The smallest absolute Gasteiger partial charge is 0.306 e. The maximum Gasteiger partial charge on any atom is 0.306 e. The number of allylic oxidation sites excluding steroid dienone is 18. The Balaban J connectivity index is 4.46. The van der Waals surface area contributed by atoms with Crippen LogP contribution in [0, 0.1) is 0 Å². The highest BCUT2D eigenvalue weighted by Gasteiger charge is 2.19. The molecule has 0 fully saturated rings. The highest BCUT2D eigenvalue weighted by molar-refractivity contribution is 5.71. The summed E-state index contributed by atoms with van der Waals surface area (Å²) < 4.78 is 16.9. The van der Waals surface area contributed by atoms with E-state index in [4.69, 9.17) is 14.2 Å². The minimum Gasteiger partial charge on any atom is -0.462 e. The summed E-state index contributed by atoms with van der Waals surface area (Å²) in [5, 5.41) is 0. The summed E-state index contributed by atoms with van der Waals surface area (Å²) in [5.74, 6) is -0.934. The van der Waals surface area contributed by atoms with Gasteiger partial charge >= 0.3 is 17.9 Å². The Morgan fingerprint density at radius 1 is 0.280 bits per heavy atom. The monoisotopic (exact) mass is 1040 g/mol. The number of hydrogen-bond acceptors (Lipinski definition) is 6. The van der Waals surface area contributed by atoms with Crippen molar-refractivity contribution < 1.29 is 28.6 Å². The molecule has 0 aromatic rings. The van der Waals surface area contributed by atoms with E-state index in [9.17, 15) is 14.4 Å². The van der Waals surface area contributed by atoms with E-state index in [1.54, 1.807) is 0 Å².